The number of hydrogen-bond donors (Lipinski definition) is 2. The first-order chi connectivity index (χ1) is 9.99. The third-order valence-electron chi connectivity index (χ3n) is 3.87. The first-order valence-corrected chi connectivity index (χ1v) is 7.94. The molecule has 1 fully saturated rings. The molecule has 1 heterocycles. The van der Waals surface area contributed by atoms with Crippen LogP contribution in [0.5, 0.6) is 0 Å². The van der Waals surface area contributed by atoms with E-state index in [1.165, 1.54) is 0 Å². The van der Waals surface area contributed by atoms with Crippen molar-refractivity contribution in [2.45, 2.75) is 51.7 Å². The molecular formula is C16H24ClN3O. The van der Waals surface area contributed by atoms with E-state index in [1.807, 2.05) is 17.0 Å². The van der Waals surface area contributed by atoms with Crippen LogP contribution in [0, 0.1) is 0 Å². The Hall–Kier alpha value is -1.26. The second-order valence-corrected chi connectivity index (χ2v) is 6.34. The van der Waals surface area contributed by atoms with Crippen LogP contribution in [-0.2, 0) is 11.3 Å². The zero-order valence-electron chi connectivity index (χ0n) is 12.7. The van der Waals surface area contributed by atoms with E-state index < -0.39 is 0 Å². The van der Waals surface area contributed by atoms with E-state index in [9.17, 15) is 4.79 Å². The van der Waals surface area contributed by atoms with Crippen molar-refractivity contribution in [2.75, 3.05) is 11.4 Å². The Morgan fingerprint density at radius 1 is 1.48 bits per heavy atom. The van der Waals surface area contributed by atoms with Crippen molar-refractivity contribution < 1.29 is 4.79 Å². The van der Waals surface area contributed by atoms with E-state index in [4.69, 9.17) is 17.3 Å². The average molecular weight is 310 g/mol. The van der Waals surface area contributed by atoms with E-state index >= 15 is 0 Å². The minimum Gasteiger partial charge on any atom is -0.368 e. The van der Waals surface area contributed by atoms with Gasteiger partial charge in [-0.05, 0) is 37.0 Å². The maximum absolute atomic E-state index is 11.6. The molecule has 0 bridgehead atoms. The molecule has 3 N–H and O–H groups in total. The zero-order chi connectivity index (χ0) is 15.4. The van der Waals surface area contributed by atoms with Crippen molar-refractivity contribution >= 4 is 23.2 Å². The van der Waals surface area contributed by atoms with Gasteiger partial charge in [-0.2, -0.15) is 0 Å². The van der Waals surface area contributed by atoms with E-state index in [2.05, 4.69) is 25.2 Å². The molecule has 21 heavy (non-hydrogen) atoms. The van der Waals surface area contributed by atoms with Crippen LogP contribution in [0.4, 0.5) is 5.69 Å². The number of rotatable bonds is 5. The third-order valence-corrected chi connectivity index (χ3v) is 4.17. The highest BCUT2D eigenvalue weighted by Gasteiger charge is 2.28. The molecule has 1 aliphatic heterocycles. The lowest BCUT2D eigenvalue weighted by molar-refractivity contribution is -0.119. The third kappa shape index (κ3) is 4.11. The van der Waals surface area contributed by atoms with Gasteiger partial charge in [0.1, 0.15) is 6.04 Å². The summed E-state index contributed by atoms with van der Waals surface area (Å²) in [6.07, 6.45) is 2.91. The Morgan fingerprint density at radius 2 is 2.24 bits per heavy atom. The molecule has 116 valence electrons. The summed E-state index contributed by atoms with van der Waals surface area (Å²) in [6.45, 7) is 5.84. The molecule has 1 saturated heterocycles. The van der Waals surface area contributed by atoms with Crippen LogP contribution in [0.25, 0.3) is 0 Å². The molecule has 1 aliphatic rings. The van der Waals surface area contributed by atoms with Crippen LogP contribution in [0.3, 0.4) is 0 Å². The lowest BCUT2D eigenvalue weighted by Gasteiger charge is -2.36. The summed E-state index contributed by atoms with van der Waals surface area (Å²) < 4.78 is 0. The van der Waals surface area contributed by atoms with Crippen LogP contribution in [0.1, 0.15) is 38.7 Å². The van der Waals surface area contributed by atoms with Gasteiger partial charge in [-0.1, -0.05) is 31.5 Å². The number of nitrogens with one attached hydrogen (secondary N) is 1. The number of carbonyl (C=O) groups excluding carboxylic acids is 1. The summed E-state index contributed by atoms with van der Waals surface area (Å²) >= 11 is 6.43. The van der Waals surface area contributed by atoms with Crippen molar-refractivity contribution in [2.24, 2.45) is 5.73 Å². The van der Waals surface area contributed by atoms with Gasteiger partial charge in [0.25, 0.3) is 0 Å². The summed E-state index contributed by atoms with van der Waals surface area (Å²) in [5.74, 6) is -0.267. The number of piperidine rings is 1. The van der Waals surface area contributed by atoms with Crippen LogP contribution >= 0.6 is 11.6 Å². The Bertz CT molecular complexity index is 504. The normalized spacial score (nSPS) is 19.0. The van der Waals surface area contributed by atoms with Gasteiger partial charge in [0.2, 0.25) is 5.91 Å². The minimum atomic E-state index is -0.267. The van der Waals surface area contributed by atoms with Crippen molar-refractivity contribution in [3.8, 4) is 0 Å². The monoisotopic (exact) mass is 309 g/mol. The fourth-order valence-electron chi connectivity index (χ4n) is 2.73. The predicted octanol–water partition coefficient (Wildman–Crippen LogP) is 2.68. The second kappa shape index (κ2) is 7.14. The standard InChI is InChI=1S/C16H24ClN3O/c1-11(2)19-10-12-6-7-14(13(17)9-12)20-8-4-3-5-15(20)16(18)21/h6-7,9,11,15,19H,3-5,8,10H2,1-2H3,(H2,18,21). The van der Waals surface area contributed by atoms with Crippen molar-refractivity contribution in [3.63, 3.8) is 0 Å². The highest BCUT2D eigenvalue weighted by molar-refractivity contribution is 6.33. The number of amides is 1. The summed E-state index contributed by atoms with van der Waals surface area (Å²) in [4.78, 5) is 13.7. The van der Waals surface area contributed by atoms with Gasteiger partial charge in [0.15, 0.2) is 0 Å². The molecule has 1 aromatic rings. The van der Waals surface area contributed by atoms with Crippen molar-refractivity contribution in [3.05, 3.63) is 28.8 Å². The van der Waals surface area contributed by atoms with E-state index in [0.717, 1.165) is 43.6 Å². The number of benzene rings is 1. The molecule has 0 saturated carbocycles. The number of nitrogens with zero attached hydrogens (tertiary/aromatic N) is 1. The lowest BCUT2D eigenvalue weighted by Crippen LogP contribution is -2.48. The number of anilines is 1. The molecule has 0 radical (unpaired) electrons. The van der Waals surface area contributed by atoms with E-state index in [1.54, 1.807) is 0 Å². The number of primary amides is 1. The number of halogens is 1. The van der Waals surface area contributed by atoms with Gasteiger partial charge in [0, 0.05) is 19.1 Å². The average Bonchev–Trinajstić information content (AvgIpc) is 2.45. The first-order valence-electron chi connectivity index (χ1n) is 7.57. The van der Waals surface area contributed by atoms with Gasteiger partial charge >= 0.3 is 0 Å². The van der Waals surface area contributed by atoms with Gasteiger partial charge in [-0.25, -0.2) is 0 Å². The van der Waals surface area contributed by atoms with Crippen LogP contribution in [-0.4, -0.2) is 24.5 Å². The molecule has 1 aromatic carbocycles. The molecule has 4 nitrogen and oxygen atoms in total. The smallest absolute Gasteiger partial charge is 0.240 e. The molecule has 0 spiro atoms. The molecule has 2 rings (SSSR count). The van der Waals surface area contributed by atoms with E-state index in [-0.39, 0.29) is 11.9 Å². The fourth-order valence-corrected chi connectivity index (χ4v) is 3.04. The summed E-state index contributed by atoms with van der Waals surface area (Å²) in [7, 11) is 0. The number of carbonyl (C=O) groups is 1. The first kappa shape index (κ1) is 16.1. The highest BCUT2D eigenvalue weighted by Crippen LogP contribution is 2.32. The van der Waals surface area contributed by atoms with Crippen molar-refractivity contribution in [1.29, 1.82) is 0 Å². The zero-order valence-corrected chi connectivity index (χ0v) is 13.5. The maximum atomic E-state index is 11.6. The largest absolute Gasteiger partial charge is 0.368 e. The maximum Gasteiger partial charge on any atom is 0.240 e. The lowest BCUT2D eigenvalue weighted by atomic mass is 10.0. The van der Waals surface area contributed by atoms with Crippen molar-refractivity contribution in [1.82, 2.24) is 5.32 Å². The van der Waals surface area contributed by atoms with Gasteiger partial charge < -0.3 is 16.0 Å². The topological polar surface area (TPSA) is 58.4 Å². The van der Waals surface area contributed by atoms with E-state index in [0.29, 0.717) is 11.1 Å². The quantitative estimate of drug-likeness (QED) is 0.879. The fraction of sp³-hybridized carbons (Fsp3) is 0.562. The minimum absolute atomic E-state index is 0.240. The van der Waals surface area contributed by atoms with Crippen LogP contribution < -0.4 is 16.0 Å². The SMILES string of the molecule is CC(C)NCc1ccc(N2CCCCC2C(N)=O)c(Cl)c1. The summed E-state index contributed by atoms with van der Waals surface area (Å²) in [5.41, 5.74) is 7.58. The Kier molecular flexibility index (Phi) is 5.48. The molecule has 5 heteroatoms. The van der Waals surface area contributed by atoms with Gasteiger partial charge in [0.05, 0.1) is 10.7 Å². The van der Waals surface area contributed by atoms with Gasteiger partial charge in [-0.3, -0.25) is 4.79 Å². The Balaban J connectivity index is 2.17. The van der Waals surface area contributed by atoms with Crippen LogP contribution in [0.15, 0.2) is 18.2 Å². The summed E-state index contributed by atoms with van der Waals surface area (Å²) in [5, 5.41) is 4.05. The molecular weight excluding hydrogens is 286 g/mol. The summed E-state index contributed by atoms with van der Waals surface area (Å²) in [6, 6.07) is 6.23. The highest BCUT2D eigenvalue weighted by atomic mass is 35.5. The predicted molar refractivity (Wildman–Crippen MR) is 87.6 cm³/mol. The molecule has 0 aliphatic carbocycles. The van der Waals surface area contributed by atoms with Gasteiger partial charge in [-0.15, -0.1) is 0 Å². The molecule has 0 aromatic heterocycles. The number of nitrogens with two attached hydrogens (primary N) is 1. The molecule has 1 unspecified atom stereocenters. The van der Waals surface area contributed by atoms with Crippen LogP contribution in [0.2, 0.25) is 5.02 Å². The Morgan fingerprint density at radius 3 is 2.86 bits per heavy atom. The second-order valence-electron chi connectivity index (χ2n) is 5.93. The molecule has 1 amide bonds. The molecule has 1 atom stereocenters. The Labute approximate surface area is 131 Å². The number of hydrogen-bond acceptors (Lipinski definition) is 3.